The molecule has 11 heteroatoms. The van der Waals surface area contributed by atoms with Gasteiger partial charge in [-0.1, -0.05) is 24.3 Å². The second kappa shape index (κ2) is 15.4. The van der Waals surface area contributed by atoms with Crippen LogP contribution in [0.5, 0.6) is 17.2 Å². The largest absolute Gasteiger partial charge is 0.497 e. The number of piperazine rings is 3. The molecule has 4 aromatic carbocycles. The van der Waals surface area contributed by atoms with Crippen molar-refractivity contribution >= 4 is 22.5 Å². The first-order valence-corrected chi connectivity index (χ1v) is 18.2. The van der Waals surface area contributed by atoms with Crippen LogP contribution in [0.15, 0.2) is 89.9 Å². The van der Waals surface area contributed by atoms with Gasteiger partial charge < -0.3 is 28.2 Å². The van der Waals surface area contributed by atoms with Crippen LogP contribution in [0.25, 0.3) is 16.6 Å². The fourth-order valence-corrected chi connectivity index (χ4v) is 7.57. The number of anilines is 1. The predicted molar refractivity (Wildman–Crippen MR) is 202 cm³/mol. The maximum Gasteiger partial charge on any atom is 0.263 e. The summed E-state index contributed by atoms with van der Waals surface area (Å²) in [5.41, 5.74) is 2.90. The molecule has 1 amide bonds. The highest BCUT2D eigenvalue weighted by Gasteiger charge is 2.37. The third-order valence-corrected chi connectivity index (χ3v) is 10.8. The van der Waals surface area contributed by atoms with E-state index >= 15 is 0 Å². The highest BCUT2D eigenvalue weighted by molar-refractivity contribution is 6.07. The van der Waals surface area contributed by atoms with Crippen molar-refractivity contribution < 1.29 is 32.3 Å². The first kappa shape index (κ1) is 36.1. The number of aromatic nitrogens is 1. The first-order chi connectivity index (χ1) is 25.7. The summed E-state index contributed by atoms with van der Waals surface area (Å²) in [5, 5.41) is 0.263. The van der Waals surface area contributed by atoms with Gasteiger partial charge in [-0.25, -0.2) is 8.78 Å². The van der Waals surface area contributed by atoms with Crippen LogP contribution >= 0.6 is 0 Å². The van der Waals surface area contributed by atoms with Gasteiger partial charge in [-0.3, -0.25) is 14.5 Å². The molecule has 0 aliphatic carbocycles. The zero-order valence-corrected chi connectivity index (χ0v) is 30.4. The average Bonchev–Trinajstić information content (AvgIpc) is 3.18. The van der Waals surface area contributed by atoms with Gasteiger partial charge in [-0.05, 0) is 42.3 Å². The molecule has 0 atom stereocenters. The van der Waals surface area contributed by atoms with Crippen LogP contribution in [-0.4, -0.2) is 93.0 Å². The van der Waals surface area contributed by atoms with E-state index in [2.05, 4.69) is 29.2 Å². The number of ether oxygens (including phenoxy) is 3. The second-order valence-corrected chi connectivity index (χ2v) is 13.9. The standard InChI is InChI=1S/C42H45F2N4O5/c1-4-46(33-22-31(43)21-32(44)23-33)42(50)39-28-47(34-24-36(51-2)26-37(25-34)52-3)40-27-35(9-10-38(40)41(39)49)53-20-12-30-7-5-29(6-8-30)11-16-48-17-13-45(14-18-48)15-19-48/h5-10,21-28H,4,11-20H2,1-3H3/q+1. The van der Waals surface area contributed by atoms with Gasteiger partial charge in [0.25, 0.3) is 5.91 Å². The molecule has 4 heterocycles. The Hall–Kier alpha value is -5.26. The maximum absolute atomic E-state index is 14.2. The molecule has 3 aliphatic rings. The molecule has 3 fully saturated rings. The highest BCUT2D eigenvalue weighted by Crippen LogP contribution is 2.30. The van der Waals surface area contributed by atoms with Crippen molar-refractivity contribution in [3.05, 3.63) is 124 Å². The molecule has 0 unspecified atom stereocenters. The summed E-state index contributed by atoms with van der Waals surface area (Å²) in [7, 11) is 3.07. The summed E-state index contributed by atoms with van der Waals surface area (Å²) in [6.45, 7) is 10.8. The lowest BCUT2D eigenvalue weighted by atomic mass is 10.0. The van der Waals surface area contributed by atoms with Crippen molar-refractivity contribution in [1.29, 1.82) is 0 Å². The molecular weight excluding hydrogens is 678 g/mol. The number of pyridine rings is 1. The lowest BCUT2D eigenvalue weighted by Crippen LogP contribution is -2.67. The lowest BCUT2D eigenvalue weighted by molar-refractivity contribution is -0.940. The molecule has 0 saturated carbocycles. The summed E-state index contributed by atoms with van der Waals surface area (Å²) in [4.78, 5) is 31.7. The Morgan fingerprint density at radius 2 is 1.42 bits per heavy atom. The van der Waals surface area contributed by atoms with E-state index in [1.807, 2.05) is 0 Å². The highest BCUT2D eigenvalue weighted by atomic mass is 19.1. The summed E-state index contributed by atoms with van der Waals surface area (Å²) in [6, 6.07) is 22.0. The zero-order chi connectivity index (χ0) is 37.1. The fourth-order valence-electron chi connectivity index (χ4n) is 7.57. The van der Waals surface area contributed by atoms with E-state index in [0.29, 0.717) is 41.5 Å². The SMILES string of the molecule is CCN(C(=O)c1cn(-c2cc(OC)cc(OC)c2)c2cc(OCCc3ccc(CC[N+]45CCN(CC4)CC5)cc3)ccc2c1=O)c1cc(F)cc(F)c1. The Morgan fingerprint density at radius 3 is 2.02 bits per heavy atom. The molecule has 2 bridgehead atoms. The number of methoxy groups -OCH3 is 2. The molecule has 9 nitrogen and oxygen atoms in total. The number of fused-ring (bicyclic) bond motifs is 4. The molecule has 8 rings (SSSR count). The Balaban J connectivity index is 1.14. The molecule has 0 radical (unpaired) electrons. The molecule has 3 saturated heterocycles. The van der Waals surface area contributed by atoms with E-state index in [4.69, 9.17) is 14.2 Å². The van der Waals surface area contributed by atoms with Gasteiger partial charge in [-0.2, -0.15) is 0 Å². The minimum absolute atomic E-state index is 0.00572. The predicted octanol–water partition coefficient (Wildman–Crippen LogP) is 6.26. The van der Waals surface area contributed by atoms with Crippen molar-refractivity contribution in [3.8, 4) is 22.9 Å². The average molecular weight is 724 g/mol. The van der Waals surface area contributed by atoms with E-state index in [9.17, 15) is 18.4 Å². The Morgan fingerprint density at radius 1 is 0.792 bits per heavy atom. The van der Waals surface area contributed by atoms with Crippen molar-refractivity contribution in [3.63, 3.8) is 0 Å². The van der Waals surface area contributed by atoms with Gasteiger partial charge in [0.2, 0.25) is 5.43 Å². The molecule has 3 aliphatic heterocycles. The van der Waals surface area contributed by atoms with Crippen LogP contribution in [0.1, 0.15) is 28.4 Å². The molecular formula is C42H45F2N4O5+. The number of amides is 1. The third kappa shape index (κ3) is 7.77. The summed E-state index contributed by atoms with van der Waals surface area (Å²) in [5.74, 6) is -0.801. The van der Waals surface area contributed by atoms with Gasteiger partial charge >= 0.3 is 0 Å². The second-order valence-electron chi connectivity index (χ2n) is 13.9. The van der Waals surface area contributed by atoms with Crippen molar-refractivity contribution in [2.45, 2.75) is 19.8 Å². The van der Waals surface area contributed by atoms with Crippen LogP contribution in [-0.2, 0) is 12.8 Å². The number of carbonyl (C=O) groups excluding carboxylic acids is 1. The molecule has 53 heavy (non-hydrogen) atoms. The molecule has 1 aromatic heterocycles. The molecule has 276 valence electrons. The van der Waals surface area contributed by atoms with Crippen LogP contribution in [0, 0.1) is 11.6 Å². The normalized spacial score (nSPS) is 17.9. The number of hydrogen-bond acceptors (Lipinski definition) is 6. The summed E-state index contributed by atoms with van der Waals surface area (Å²) >= 11 is 0. The Labute approximate surface area is 308 Å². The van der Waals surface area contributed by atoms with E-state index in [1.54, 1.807) is 47.9 Å². The van der Waals surface area contributed by atoms with E-state index in [0.717, 1.165) is 24.6 Å². The summed E-state index contributed by atoms with van der Waals surface area (Å²) < 4.78 is 48.6. The monoisotopic (exact) mass is 723 g/mol. The number of nitrogens with zero attached hydrogens (tertiary/aromatic N) is 4. The first-order valence-electron chi connectivity index (χ1n) is 18.2. The summed E-state index contributed by atoms with van der Waals surface area (Å²) in [6.07, 6.45) is 3.23. The number of quaternary nitrogens is 1. The third-order valence-electron chi connectivity index (χ3n) is 10.8. The van der Waals surface area contributed by atoms with Crippen LogP contribution < -0.4 is 24.5 Å². The lowest BCUT2D eigenvalue weighted by Gasteiger charge is -2.50. The number of halogens is 2. The van der Waals surface area contributed by atoms with Gasteiger partial charge in [0.05, 0.1) is 58.2 Å². The Bertz CT molecular complexity index is 2120. The van der Waals surface area contributed by atoms with Crippen molar-refractivity contribution in [1.82, 2.24) is 9.47 Å². The van der Waals surface area contributed by atoms with E-state index < -0.39 is 23.0 Å². The number of hydrogen-bond donors (Lipinski definition) is 0. The van der Waals surface area contributed by atoms with E-state index in [-0.39, 0.29) is 23.2 Å². The molecule has 0 spiro atoms. The van der Waals surface area contributed by atoms with Gasteiger partial charge in [0.15, 0.2) is 0 Å². The van der Waals surface area contributed by atoms with Crippen molar-refractivity contribution in [2.24, 2.45) is 0 Å². The fraction of sp³-hybridized carbons (Fsp3) is 0.333. The quantitative estimate of drug-likeness (QED) is 0.134. The Kier molecular flexibility index (Phi) is 10.5. The van der Waals surface area contributed by atoms with Crippen LogP contribution in [0.2, 0.25) is 0 Å². The number of benzene rings is 4. The maximum atomic E-state index is 14.2. The van der Waals surface area contributed by atoms with E-state index in [1.165, 1.54) is 86.7 Å². The van der Waals surface area contributed by atoms with Crippen molar-refractivity contribution in [2.75, 3.05) is 78.1 Å². The number of rotatable bonds is 13. The zero-order valence-electron chi connectivity index (χ0n) is 30.4. The minimum atomic E-state index is -0.829. The van der Waals surface area contributed by atoms with Gasteiger partial charge in [0, 0.05) is 86.6 Å². The number of carbonyl (C=O) groups is 1. The van der Waals surface area contributed by atoms with Crippen LogP contribution in [0.3, 0.4) is 0 Å². The minimum Gasteiger partial charge on any atom is -0.497 e. The molecule has 0 N–H and O–H groups in total. The molecule has 5 aromatic rings. The topological polar surface area (TPSA) is 73.2 Å². The van der Waals surface area contributed by atoms with Gasteiger partial charge in [0.1, 0.15) is 34.4 Å². The van der Waals surface area contributed by atoms with Crippen LogP contribution in [0.4, 0.5) is 14.5 Å². The van der Waals surface area contributed by atoms with Gasteiger partial charge in [-0.15, -0.1) is 0 Å². The smallest absolute Gasteiger partial charge is 0.263 e.